The van der Waals surface area contributed by atoms with Crippen LogP contribution >= 0.6 is 0 Å². The van der Waals surface area contributed by atoms with Crippen LogP contribution in [0.2, 0.25) is 0 Å². The number of carboxylic acids is 1. The molecule has 1 aliphatic carbocycles. The number of hydrogen-bond acceptors (Lipinski definition) is 4. The fourth-order valence-corrected chi connectivity index (χ4v) is 4.35. The third-order valence-electron chi connectivity index (χ3n) is 5.55. The maximum absolute atomic E-state index is 13.0. The standard InChI is InChI=1S/C19H22N4O3/c24-18(15-12-22(21-20-15)11-13-6-2-1-3-7-13)23-16-9-5-4-8-14(16)10-17(23)19(25)26/h1-3,6-7,12,14,16-17H,4-5,8-11H2,(H,25,26)/t14-,16+,17+/m1/s1. The lowest BCUT2D eigenvalue weighted by Gasteiger charge is -2.32. The molecule has 0 radical (unpaired) electrons. The summed E-state index contributed by atoms with van der Waals surface area (Å²) in [6.07, 6.45) is 6.19. The smallest absolute Gasteiger partial charge is 0.326 e. The molecule has 2 aromatic rings. The zero-order valence-corrected chi connectivity index (χ0v) is 14.5. The van der Waals surface area contributed by atoms with Crippen molar-refractivity contribution in [1.29, 1.82) is 0 Å². The van der Waals surface area contributed by atoms with E-state index in [2.05, 4.69) is 10.3 Å². The van der Waals surface area contributed by atoms with Gasteiger partial charge in [-0.2, -0.15) is 0 Å². The van der Waals surface area contributed by atoms with E-state index in [1.807, 2.05) is 30.3 Å². The zero-order valence-electron chi connectivity index (χ0n) is 14.5. The number of amides is 1. The molecule has 2 aliphatic rings. The van der Waals surface area contributed by atoms with Crippen molar-refractivity contribution in [3.8, 4) is 0 Å². The van der Waals surface area contributed by atoms with E-state index in [0.717, 1.165) is 31.2 Å². The summed E-state index contributed by atoms with van der Waals surface area (Å²) in [5.74, 6) is -0.955. The summed E-state index contributed by atoms with van der Waals surface area (Å²) in [6.45, 7) is 0.523. The molecule has 1 saturated heterocycles. The van der Waals surface area contributed by atoms with Gasteiger partial charge in [0.1, 0.15) is 6.04 Å². The van der Waals surface area contributed by atoms with E-state index in [4.69, 9.17) is 0 Å². The molecule has 1 N–H and O–H groups in total. The molecule has 2 fully saturated rings. The first kappa shape index (κ1) is 16.8. The van der Waals surface area contributed by atoms with Crippen LogP contribution in [0.4, 0.5) is 0 Å². The van der Waals surface area contributed by atoms with Gasteiger partial charge >= 0.3 is 5.97 Å². The van der Waals surface area contributed by atoms with E-state index in [1.165, 1.54) is 0 Å². The molecule has 1 aliphatic heterocycles. The highest BCUT2D eigenvalue weighted by molar-refractivity contribution is 5.95. The Morgan fingerprint density at radius 2 is 1.92 bits per heavy atom. The molecule has 4 rings (SSSR count). The van der Waals surface area contributed by atoms with E-state index >= 15 is 0 Å². The lowest BCUT2D eigenvalue weighted by atomic mass is 9.84. The summed E-state index contributed by atoms with van der Waals surface area (Å²) < 4.78 is 1.62. The third kappa shape index (κ3) is 3.09. The molecule has 1 aromatic carbocycles. The van der Waals surface area contributed by atoms with Crippen LogP contribution in [-0.4, -0.2) is 49.0 Å². The van der Waals surface area contributed by atoms with Crippen molar-refractivity contribution in [2.24, 2.45) is 5.92 Å². The van der Waals surface area contributed by atoms with E-state index < -0.39 is 12.0 Å². The number of carboxylic acid groups (broad SMARTS) is 1. The minimum atomic E-state index is -0.926. The molecule has 0 unspecified atom stereocenters. The number of nitrogens with zero attached hydrogens (tertiary/aromatic N) is 4. The number of likely N-dealkylation sites (tertiary alicyclic amines) is 1. The molecule has 2 heterocycles. The van der Waals surface area contributed by atoms with Crippen LogP contribution in [0.15, 0.2) is 36.5 Å². The summed E-state index contributed by atoms with van der Waals surface area (Å²) in [6, 6.07) is 9.06. The van der Waals surface area contributed by atoms with Gasteiger partial charge in [-0.05, 0) is 30.7 Å². The molecule has 0 spiro atoms. The second-order valence-corrected chi connectivity index (χ2v) is 7.20. The summed E-state index contributed by atoms with van der Waals surface area (Å²) in [4.78, 5) is 26.3. The maximum atomic E-state index is 13.0. The Bertz CT molecular complexity index is 804. The third-order valence-corrected chi connectivity index (χ3v) is 5.55. The van der Waals surface area contributed by atoms with Gasteiger partial charge in [0.15, 0.2) is 5.69 Å². The summed E-state index contributed by atoms with van der Waals surface area (Å²) in [5, 5.41) is 17.7. The van der Waals surface area contributed by atoms with Crippen molar-refractivity contribution in [1.82, 2.24) is 19.9 Å². The number of carbonyl (C=O) groups is 2. The molecule has 0 bridgehead atoms. The number of aliphatic carboxylic acids is 1. The lowest BCUT2D eigenvalue weighted by molar-refractivity contribution is -0.141. The van der Waals surface area contributed by atoms with E-state index in [0.29, 0.717) is 13.0 Å². The van der Waals surface area contributed by atoms with E-state index in [-0.39, 0.29) is 23.6 Å². The molecule has 7 heteroatoms. The minimum absolute atomic E-state index is 0.0108. The van der Waals surface area contributed by atoms with Crippen LogP contribution in [0.1, 0.15) is 48.2 Å². The monoisotopic (exact) mass is 354 g/mol. The Kier molecular flexibility index (Phi) is 4.44. The van der Waals surface area contributed by atoms with Crippen LogP contribution in [0.3, 0.4) is 0 Å². The summed E-state index contributed by atoms with van der Waals surface area (Å²) in [5.41, 5.74) is 1.28. The summed E-state index contributed by atoms with van der Waals surface area (Å²) >= 11 is 0. The van der Waals surface area contributed by atoms with Crippen molar-refractivity contribution in [2.75, 3.05) is 0 Å². The molecule has 7 nitrogen and oxygen atoms in total. The Morgan fingerprint density at radius 1 is 1.15 bits per heavy atom. The van der Waals surface area contributed by atoms with Gasteiger partial charge < -0.3 is 10.0 Å². The van der Waals surface area contributed by atoms with Gasteiger partial charge in [-0.15, -0.1) is 5.10 Å². The van der Waals surface area contributed by atoms with Crippen LogP contribution < -0.4 is 0 Å². The van der Waals surface area contributed by atoms with Gasteiger partial charge in [0, 0.05) is 6.04 Å². The Balaban J connectivity index is 1.55. The fourth-order valence-electron chi connectivity index (χ4n) is 4.35. The minimum Gasteiger partial charge on any atom is -0.480 e. The molecule has 3 atom stereocenters. The van der Waals surface area contributed by atoms with Crippen LogP contribution in [0.5, 0.6) is 0 Å². The van der Waals surface area contributed by atoms with Gasteiger partial charge in [-0.25, -0.2) is 9.48 Å². The molecule has 1 aromatic heterocycles. The van der Waals surface area contributed by atoms with Crippen molar-refractivity contribution in [3.63, 3.8) is 0 Å². The second-order valence-electron chi connectivity index (χ2n) is 7.20. The molecular weight excluding hydrogens is 332 g/mol. The van der Waals surface area contributed by atoms with Crippen LogP contribution in [-0.2, 0) is 11.3 Å². The SMILES string of the molecule is O=C(O)[C@@H]1C[C@H]2CCCC[C@@H]2N1C(=O)c1cn(Cc2ccccc2)nn1. The largest absolute Gasteiger partial charge is 0.480 e. The number of benzene rings is 1. The van der Waals surface area contributed by atoms with Gasteiger partial charge in [0.25, 0.3) is 5.91 Å². The Labute approximate surface area is 151 Å². The highest BCUT2D eigenvalue weighted by Crippen LogP contribution is 2.40. The molecule has 1 amide bonds. The van der Waals surface area contributed by atoms with E-state index in [1.54, 1.807) is 15.8 Å². The van der Waals surface area contributed by atoms with Crippen molar-refractivity contribution in [2.45, 2.75) is 50.7 Å². The maximum Gasteiger partial charge on any atom is 0.326 e. The molecule has 26 heavy (non-hydrogen) atoms. The van der Waals surface area contributed by atoms with Crippen LogP contribution in [0, 0.1) is 5.92 Å². The molecule has 136 valence electrons. The normalized spacial score (nSPS) is 25.1. The van der Waals surface area contributed by atoms with Gasteiger partial charge in [-0.3, -0.25) is 4.79 Å². The molecular formula is C19H22N4O3. The van der Waals surface area contributed by atoms with Gasteiger partial charge in [0.05, 0.1) is 12.7 Å². The predicted octanol–water partition coefficient (Wildman–Crippen LogP) is 2.18. The fraction of sp³-hybridized carbons (Fsp3) is 0.474. The van der Waals surface area contributed by atoms with Crippen molar-refractivity contribution in [3.05, 3.63) is 47.8 Å². The highest BCUT2D eigenvalue weighted by Gasteiger charge is 2.48. The zero-order chi connectivity index (χ0) is 18.1. The van der Waals surface area contributed by atoms with Gasteiger partial charge in [0.2, 0.25) is 0 Å². The first-order valence-electron chi connectivity index (χ1n) is 9.13. The van der Waals surface area contributed by atoms with Gasteiger partial charge in [-0.1, -0.05) is 48.4 Å². The number of fused-ring (bicyclic) bond motifs is 1. The molecule has 1 saturated carbocycles. The van der Waals surface area contributed by atoms with E-state index in [9.17, 15) is 14.7 Å². The number of aromatic nitrogens is 3. The lowest BCUT2D eigenvalue weighted by Crippen LogP contribution is -2.46. The predicted molar refractivity (Wildman–Crippen MR) is 93.5 cm³/mol. The number of hydrogen-bond donors (Lipinski definition) is 1. The Morgan fingerprint density at radius 3 is 2.69 bits per heavy atom. The average molecular weight is 354 g/mol. The number of rotatable bonds is 4. The first-order valence-corrected chi connectivity index (χ1v) is 9.13. The quantitative estimate of drug-likeness (QED) is 0.909. The van der Waals surface area contributed by atoms with Crippen LogP contribution in [0.25, 0.3) is 0 Å². The topological polar surface area (TPSA) is 88.3 Å². The first-order chi connectivity index (χ1) is 12.6. The Hall–Kier alpha value is -2.70. The average Bonchev–Trinajstić information content (AvgIpc) is 3.26. The number of carbonyl (C=O) groups excluding carboxylic acids is 1. The van der Waals surface area contributed by atoms with Crippen molar-refractivity contribution < 1.29 is 14.7 Å². The summed E-state index contributed by atoms with van der Waals surface area (Å²) in [7, 11) is 0. The highest BCUT2D eigenvalue weighted by atomic mass is 16.4. The second kappa shape index (κ2) is 6.90. The van der Waals surface area contributed by atoms with Crippen molar-refractivity contribution >= 4 is 11.9 Å².